The van der Waals surface area contributed by atoms with Crippen molar-refractivity contribution in [1.82, 2.24) is 4.90 Å². The second-order valence-corrected chi connectivity index (χ2v) is 3.81. The number of hydrogen-bond donors (Lipinski definition) is 2. The number of anilines is 1. The lowest BCUT2D eigenvalue weighted by Crippen LogP contribution is -2.54. The molecule has 0 bridgehead atoms. The molecule has 0 spiro atoms. The summed E-state index contributed by atoms with van der Waals surface area (Å²) < 4.78 is 5.29. The molecule has 0 aliphatic carbocycles. The van der Waals surface area contributed by atoms with Crippen LogP contribution in [0, 0.1) is 0 Å². The molecule has 1 saturated heterocycles. The van der Waals surface area contributed by atoms with Crippen molar-refractivity contribution in [3.63, 3.8) is 0 Å². The summed E-state index contributed by atoms with van der Waals surface area (Å²) in [4.78, 5) is 13.0. The highest BCUT2D eigenvalue weighted by Crippen LogP contribution is 2.14. The van der Waals surface area contributed by atoms with Crippen LogP contribution in [0.25, 0.3) is 0 Å². The minimum absolute atomic E-state index is 0.00334. The van der Waals surface area contributed by atoms with Gasteiger partial charge in [-0.2, -0.15) is 0 Å². The molecule has 1 amide bonds. The zero-order valence-corrected chi connectivity index (χ0v) is 8.80. The smallest absolute Gasteiger partial charge is 0.260 e. The molecule has 86 valence electrons. The van der Waals surface area contributed by atoms with Crippen LogP contribution in [-0.2, 0) is 4.79 Å². The number of aliphatic hydroxyl groups excluding tert-OH is 1. The molecule has 1 aromatic rings. The molecule has 1 heterocycles. The number of hydrogen-bond acceptors (Lipinski definition) is 4. The number of nitrogens with zero attached hydrogens (tertiary/aromatic N) is 1. The van der Waals surface area contributed by atoms with E-state index < -0.39 is 0 Å². The molecule has 5 nitrogen and oxygen atoms in total. The van der Waals surface area contributed by atoms with E-state index in [1.807, 2.05) is 0 Å². The van der Waals surface area contributed by atoms with Crippen LogP contribution in [-0.4, -0.2) is 41.7 Å². The summed E-state index contributed by atoms with van der Waals surface area (Å²) in [5.74, 6) is 0.505. The van der Waals surface area contributed by atoms with Crippen molar-refractivity contribution in [3.05, 3.63) is 24.3 Å². The van der Waals surface area contributed by atoms with Crippen molar-refractivity contribution in [3.8, 4) is 5.75 Å². The van der Waals surface area contributed by atoms with Gasteiger partial charge < -0.3 is 20.5 Å². The first-order valence-electron chi connectivity index (χ1n) is 5.09. The van der Waals surface area contributed by atoms with Crippen LogP contribution in [0.5, 0.6) is 5.75 Å². The Hall–Kier alpha value is -1.75. The molecular formula is C11H14N2O3. The van der Waals surface area contributed by atoms with Crippen molar-refractivity contribution in [2.24, 2.45) is 0 Å². The molecule has 3 N–H and O–H groups in total. The lowest BCUT2D eigenvalue weighted by molar-refractivity contribution is -0.143. The Balaban J connectivity index is 1.79. The number of carbonyl (C=O) groups excluding carboxylic acids is 1. The van der Waals surface area contributed by atoms with Gasteiger partial charge in [-0.3, -0.25) is 4.79 Å². The van der Waals surface area contributed by atoms with Gasteiger partial charge in [0, 0.05) is 18.8 Å². The number of nitrogens with two attached hydrogens (primary N) is 1. The van der Waals surface area contributed by atoms with E-state index in [1.54, 1.807) is 29.2 Å². The van der Waals surface area contributed by atoms with Gasteiger partial charge in [0.05, 0.1) is 6.10 Å². The standard InChI is InChI=1S/C11H14N2O3/c12-8-1-3-10(4-2-8)16-7-11(15)13-5-9(14)6-13/h1-4,9,14H,5-7,12H2. The molecule has 1 aliphatic heterocycles. The van der Waals surface area contributed by atoms with Crippen LogP contribution >= 0.6 is 0 Å². The number of likely N-dealkylation sites (tertiary alicyclic amines) is 1. The van der Waals surface area contributed by atoms with Gasteiger partial charge in [0.25, 0.3) is 5.91 Å². The fraction of sp³-hybridized carbons (Fsp3) is 0.364. The minimum atomic E-state index is -0.375. The monoisotopic (exact) mass is 222 g/mol. The van der Waals surface area contributed by atoms with Crippen LogP contribution in [0.3, 0.4) is 0 Å². The molecule has 0 saturated carbocycles. The van der Waals surface area contributed by atoms with E-state index in [0.29, 0.717) is 24.5 Å². The highest BCUT2D eigenvalue weighted by Gasteiger charge is 2.28. The molecule has 0 radical (unpaired) electrons. The van der Waals surface area contributed by atoms with Gasteiger partial charge in [-0.25, -0.2) is 0 Å². The number of rotatable bonds is 3. The van der Waals surface area contributed by atoms with E-state index in [1.165, 1.54) is 0 Å². The molecule has 16 heavy (non-hydrogen) atoms. The highest BCUT2D eigenvalue weighted by atomic mass is 16.5. The van der Waals surface area contributed by atoms with Crippen LogP contribution < -0.4 is 10.5 Å². The average molecular weight is 222 g/mol. The largest absolute Gasteiger partial charge is 0.484 e. The number of ether oxygens (including phenoxy) is 1. The summed E-state index contributed by atoms with van der Waals surface area (Å²) in [6.07, 6.45) is -0.375. The van der Waals surface area contributed by atoms with Crippen molar-refractivity contribution in [2.45, 2.75) is 6.10 Å². The van der Waals surface area contributed by atoms with Gasteiger partial charge in [-0.05, 0) is 24.3 Å². The minimum Gasteiger partial charge on any atom is -0.484 e. The summed E-state index contributed by atoms with van der Waals surface area (Å²) in [6, 6.07) is 6.86. The SMILES string of the molecule is Nc1ccc(OCC(=O)N2CC(O)C2)cc1. The van der Waals surface area contributed by atoms with E-state index in [0.717, 1.165) is 0 Å². The normalized spacial score (nSPS) is 15.7. The molecule has 0 atom stereocenters. The fourth-order valence-corrected chi connectivity index (χ4v) is 1.46. The van der Waals surface area contributed by atoms with E-state index in [9.17, 15) is 4.79 Å². The van der Waals surface area contributed by atoms with Crippen molar-refractivity contribution < 1.29 is 14.6 Å². The lowest BCUT2D eigenvalue weighted by Gasteiger charge is -2.35. The molecule has 1 fully saturated rings. The lowest BCUT2D eigenvalue weighted by atomic mass is 10.2. The number of amides is 1. The summed E-state index contributed by atoms with van der Waals surface area (Å²) >= 11 is 0. The van der Waals surface area contributed by atoms with Crippen LogP contribution in [0.4, 0.5) is 5.69 Å². The summed E-state index contributed by atoms with van der Waals surface area (Å²) in [7, 11) is 0. The first kappa shape index (κ1) is 10.8. The maximum absolute atomic E-state index is 11.5. The Morgan fingerprint density at radius 3 is 2.62 bits per heavy atom. The Labute approximate surface area is 93.4 Å². The number of β-amino-alcohol motifs (C(OH)–C–C–N with tert-alkyl or cyclic N) is 1. The van der Waals surface area contributed by atoms with Crippen molar-refractivity contribution in [1.29, 1.82) is 0 Å². The first-order valence-corrected chi connectivity index (χ1v) is 5.09. The third kappa shape index (κ3) is 2.43. The second kappa shape index (κ2) is 4.40. The van der Waals surface area contributed by atoms with Crippen LogP contribution in [0.15, 0.2) is 24.3 Å². The van der Waals surface area contributed by atoms with Gasteiger partial charge in [0.2, 0.25) is 0 Å². The second-order valence-electron chi connectivity index (χ2n) is 3.81. The van der Waals surface area contributed by atoms with Crippen molar-refractivity contribution in [2.75, 3.05) is 25.4 Å². The van der Waals surface area contributed by atoms with E-state index >= 15 is 0 Å². The Bertz CT molecular complexity index is 371. The van der Waals surface area contributed by atoms with E-state index in [2.05, 4.69) is 0 Å². The Morgan fingerprint density at radius 1 is 1.44 bits per heavy atom. The molecule has 2 rings (SSSR count). The zero-order valence-electron chi connectivity index (χ0n) is 8.80. The maximum atomic E-state index is 11.5. The zero-order chi connectivity index (χ0) is 11.5. The molecule has 1 aromatic carbocycles. The van der Waals surface area contributed by atoms with E-state index in [-0.39, 0.29) is 18.6 Å². The van der Waals surface area contributed by atoms with Gasteiger partial charge in [-0.15, -0.1) is 0 Å². The van der Waals surface area contributed by atoms with Crippen molar-refractivity contribution >= 4 is 11.6 Å². The topological polar surface area (TPSA) is 75.8 Å². The number of carbonyl (C=O) groups is 1. The quantitative estimate of drug-likeness (QED) is 0.697. The number of aliphatic hydroxyl groups is 1. The molecule has 0 aromatic heterocycles. The Morgan fingerprint density at radius 2 is 2.06 bits per heavy atom. The van der Waals surface area contributed by atoms with Gasteiger partial charge >= 0.3 is 0 Å². The van der Waals surface area contributed by atoms with Gasteiger partial charge in [-0.1, -0.05) is 0 Å². The third-order valence-electron chi connectivity index (χ3n) is 2.46. The Kier molecular flexibility index (Phi) is 2.96. The van der Waals surface area contributed by atoms with Crippen LogP contribution in [0.2, 0.25) is 0 Å². The summed E-state index contributed by atoms with van der Waals surface area (Å²) in [5, 5.41) is 9.03. The predicted molar refractivity (Wildman–Crippen MR) is 58.9 cm³/mol. The number of nitrogen functional groups attached to an aromatic ring is 1. The third-order valence-corrected chi connectivity index (χ3v) is 2.46. The average Bonchev–Trinajstić information content (AvgIpc) is 2.24. The van der Waals surface area contributed by atoms with Gasteiger partial charge in [0.1, 0.15) is 5.75 Å². The molecule has 1 aliphatic rings. The van der Waals surface area contributed by atoms with Gasteiger partial charge in [0.15, 0.2) is 6.61 Å². The summed E-state index contributed by atoms with van der Waals surface area (Å²) in [6.45, 7) is 0.810. The predicted octanol–water partition coefficient (Wildman–Crippen LogP) is -0.149. The summed E-state index contributed by atoms with van der Waals surface area (Å²) in [5.41, 5.74) is 6.18. The molecule has 0 unspecified atom stereocenters. The maximum Gasteiger partial charge on any atom is 0.260 e. The molecule has 5 heteroatoms. The number of benzene rings is 1. The van der Waals surface area contributed by atoms with E-state index in [4.69, 9.17) is 15.6 Å². The fourth-order valence-electron chi connectivity index (χ4n) is 1.46. The highest BCUT2D eigenvalue weighted by molar-refractivity contribution is 5.78. The van der Waals surface area contributed by atoms with Crippen LogP contribution in [0.1, 0.15) is 0 Å². The molecular weight excluding hydrogens is 208 g/mol. The first-order chi connectivity index (χ1) is 7.65.